The van der Waals surface area contributed by atoms with Crippen molar-refractivity contribution in [1.29, 1.82) is 0 Å². The Bertz CT molecular complexity index is 1540. The molecule has 0 amide bonds. The van der Waals surface area contributed by atoms with Crippen LogP contribution in [0.25, 0.3) is 0 Å². The molecule has 1 fully saturated rings. The second-order valence-electron chi connectivity index (χ2n) is 14.0. The molecule has 0 saturated carbocycles. The molecule has 52 heavy (non-hydrogen) atoms. The van der Waals surface area contributed by atoms with Crippen molar-refractivity contribution in [1.82, 2.24) is 4.72 Å². The highest BCUT2D eigenvalue weighted by atomic mass is 32.2. The summed E-state index contributed by atoms with van der Waals surface area (Å²) in [6.45, 7) is 14.8. The molecule has 1 aromatic carbocycles. The Kier molecular flexibility index (Phi) is 16.8. The first kappa shape index (κ1) is 45.1. The predicted molar refractivity (Wildman–Crippen MR) is 189 cm³/mol. The van der Waals surface area contributed by atoms with Gasteiger partial charge in [0.05, 0.1) is 46.9 Å². The van der Waals surface area contributed by atoms with Crippen molar-refractivity contribution in [3.05, 3.63) is 66.3 Å². The number of allylic oxidation sites excluding steroid dienone is 2. The Labute approximate surface area is 305 Å². The first-order valence-electron chi connectivity index (χ1n) is 17.2. The molecule has 0 aliphatic carbocycles. The standard InChI is InChI=1S/C37H55F2NO11S/c1-10-22(3)32(50-31(43)19-26(42)16-18-36(7,44)21-49-25(6)41)23(4)13-12-17-37(8,45)35(34-33(51-34)24(5)30(11-2)48-9)40-52(46,47)27-14-15-28(38)29(39)20-27/h10,12-15,17,20,22,24,26,30,32-35,40,42,44-45H,1,11,16,18-19,21H2,2-9H3. The van der Waals surface area contributed by atoms with Crippen molar-refractivity contribution >= 4 is 22.0 Å². The van der Waals surface area contributed by atoms with Gasteiger partial charge in [-0.15, -0.1) is 6.58 Å². The largest absolute Gasteiger partial charge is 0.463 e. The molecule has 2 rings (SSSR count). The molecule has 15 heteroatoms. The zero-order valence-corrected chi connectivity index (χ0v) is 32.0. The van der Waals surface area contributed by atoms with E-state index >= 15 is 0 Å². The van der Waals surface area contributed by atoms with Crippen molar-refractivity contribution in [2.75, 3.05) is 13.7 Å². The number of benzene rings is 1. The van der Waals surface area contributed by atoms with E-state index in [1.54, 1.807) is 33.1 Å². The van der Waals surface area contributed by atoms with Crippen LogP contribution in [0, 0.1) is 23.5 Å². The van der Waals surface area contributed by atoms with Crippen molar-refractivity contribution in [3.63, 3.8) is 0 Å². The molecule has 1 aromatic rings. The maximum Gasteiger partial charge on any atom is 0.309 e. The van der Waals surface area contributed by atoms with Gasteiger partial charge in [0.1, 0.15) is 18.8 Å². The van der Waals surface area contributed by atoms with Crippen LogP contribution in [0.2, 0.25) is 0 Å². The number of methoxy groups -OCH3 is 1. The van der Waals surface area contributed by atoms with Gasteiger partial charge in [-0.2, -0.15) is 0 Å². The quantitative estimate of drug-likeness (QED) is 0.0574. The molecule has 1 saturated heterocycles. The van der Waals surface area contributed by atoms with Crippen LogP contribution in [0.3, 0.4) is 0 Å². The third-order valence-corrected chi connectivity index (χ3v) is 10.6. The number of epoxide rings is 1. The van der Waals surface area contributed by atoms with Crippen LogP contribution >= 0.6 is 0 Å². The van der Waals surface area contributed by atoms with Gasteiger partial charge >= 0.3 is 11.9 Å². The number of sulfonamides is 1. The normalized spacial score (nSPS) is 22.3. The van der Waals surface area contributed by atoms with Gasteiger partial charge in [-0.3, -0.25) is 9.59 Å². The number of aliphatic hydroxyl groups is 3. The van der Waals surface area contributed by atoms with Gasteiger partial charge in [0, 0.05) is 25.9 Å². The lowest BCUT2D eigenvalue weighted by Gasteiger charge is -2.31. The van der Waals surface area contributed by atoms with E-state index in [4.69, 9.17) is 18.9 Å². The average Bonchev–Trinajstić information content (AvgIpc) is 3.86. The van der Waals surface area contributed by atoms with E-state index in [1.807, 2.05) is 13.8 Å². The monoisotopic (exact) mass is 759 g/mol. The maximum absolute atomic E-state index is 14.0. The summed E-state index contributed by atoms with van der Waals surface area (Å²) < 4.78 is 78.8. The molecule has 0 radical (unpaired) electrons. The summed E-state index contributed by atoms with van der Waals surface area (Å²) in [5.41, 5.74) is -2.76. The van der Waals surface area contributed by atoms with E-state index in [-0.39, 0.29) is 43.8 Å². The Morgan fingerprint density at radius 2 is 1.79 bits per heavy atom. The summed E-state index contributed by atoms with van der Waals surface area (Å²) in [4.78, 5) is 23.3. The van der Waals surface area contributed by atoms with E-state index in [0.717, 1.165) is 6.07 Å². The summed E-state index contributed by atoms with van der Waals surface area (Å²) in [6.07, 6.45) is 2.86. The third-order valence-electron chi connectivity index (χ3n) is 9.17. The van der Waals surface area contributed by atoms with E-state index in [1.165, 1.54) is 32.9 Å². The number of carbonyl (C=O) groups excluding carboxylic acids is 2. The zero-order valence-electron chi connectivity index (χ0n) is 31.2. The van der Waals surface area contributed by atoms with Crippen LogP contribution < -0.4 is 4.72 Å². The molecule has 1 heterocycles. The first-order chi connectivity index (χ1) is 24.1. The number of ether oxygens (including phenoxy) is 4. The molecule has 0 aromatic heterocycles. The predicted octanol–water partition coefficient (Wildman–Crippen LogP) is 4.27. The van der Waals surface area contributed by atoms with Crippen LogP contribution in [0.5, 0.6) is 0 Å². The number of carbonyl (C=O) groups is 2. The Balaban J connectivity index is 2.27. The van der Waals surface area contributed by atoms with Gasteiger partial charge in [0.2, 0.25) is 10.0 Å². The summed E-state index contributed by atoms with van der Waals surface area (Å²) in [7, 11) is -2.92. The number of halogens is 2. The highest BCUT2D eigenvalue weighted by Gasteiger charge is 2.55. The summed E-state index contributed by atoms with van der Waals surface area (Å²) in [5, 5.41) is 32.5. The van der Waals surface area contributed by atoms with E-state index in [9.17, 15) is 42.1 Å². The van der Waals surface area contributed by atoms with Gasteiger partial charge in [-0.05, 0) is 63.8 Å². The zero-order chi connectivity index (χ0) is 39.6. The minimum Gasteiger partial charge on any atom is -0.463 e. The molecule has 10 unspecified atom stereocenters. The maximum atomic E-state index is 14.0. The summed E-state index contributed by atoms with van der Waals surface area (Å²) >= 11 is 0. The minimum absolute atomic E-state index is 0.0353. The molecule has 0 bridgehead atoms. The molecule has 1 aliphatic rings. The number of hydrogen-bond acceptors (Lipinski definition) is 11. The third kappa shape index (κ3) is 13.4. The van der Waals surface area contributed by atoms with Crippen molar-refractivity contribution in [2.24, 2.45) is 11.8 Å². The second kappa shape index (κ2) is 19.3. The number of rotatable bonds is 22. The molecule has 12 nitrogen and oxygen atoms in total. The van der Waals surface area contributed by atoms with Crippen LogP contribution in [0.4, 0.5) is 8.78 Å². The second-order valence-corrected chi connectivity index (χ2v) is 15.7. The Morgan fingerprint density at radius 3 is 2.35 bits per heavy atom. The fraction of sp³-hybridized carbons (Fsp3) is 0.622. The lowest BCUT2D eigenvalue weighted by atomic mass is 9.88. The average molecular weight is 760 g/mol. The van der Waals surface area contributed by atoms with Gasteiger partial charge in [-0.25, -0.2) is 21.9 Å². The molecule has 0 spiro atoms. The number of nitrogens with one attached hydrogen (secondary N) is 1. The lowest BCUT2D eigenvalue weighted by Crippen LogP contribution is -2.54. The minimum atomic E-state index is -4.48. The van der Waals surface area contributed by atoms with Gasteiger partial charge in [0.25, 0.3) is 0 Å². The van der Waals surface area contributed by atoms with E-state index in [0.29, 0.717) is 24.1 Å². The van der Waals surface area contributed by atoms with E-state index in [2.05, 4.69) is 11.3 Å². The van der Waals surface area contributed by atoms with E-state index < -0.39 is 80.2 Å². The summed E-state index contributed by atoms with van der Waals surface area (Å²) in [5.74, 6) is -4.39. The first-order valence-corrected chi connectivity index (χ1v) is 18.7. The fourth-order valence-electron chi connectivity index (χ4n) is 5.81. The highest BCUT2D eigenvalue weighted by Crippen LogP contribution is 2.39. The number of esters is 2. The van der Waals surface area contributed by atoms with Gasteiger partial charge in [-0.1, -0.05) is 45.1 Å². The van der Waals surface area contributed by atoms with Gasteiger partial charge in [0.15, 0.2) is 11.6 Å². The SMILES string of the molecule is C=CC(C)C(OC(=O)CC(O)CCC(C)(O)COC(C)=O)C(C)=CC=CC(C)(O)C(NS(=O)(=O)c1ccc(F)c(F)c1)C1OC1C(C)C(CC)OC. The number of hydrogen-bond donors (Lipinski definition) is 4. The lowest BCUT2D eigenvalue weighted by molar-refractivity contribution is -0.151. The molecule has 1 aliphatic heterocycles. The van der Waals surface area contributed by atoms with Crippen LogP contribution in [-0.4, -0.2) is 97.2 Å². The molecular formula is C37H55F2NO11S. The van der Waals surface area contributed by atoms with Gasteiger partial charge < -0.3 is 34.3 Å². The molecular weight excluding hydrogens is 704 g/mol. The van der Waals surface area contributed by atoms with Crippen molar-refractivity contribution < 1.29 is 61.1 Å². The smallest absolute Gasteiger partial charge is 0.309 e. The Morgan fingerprint density at radius 1 is 1.13 bits per heavy atom. The van der Waals surface area contributed by atoms with Crippen LogP contribution in [-0.2, 0) is 38.6 Å². The van der Waals surface area contributed by atoms with Crippen LogP contribution in [0.1, 0.15) is 74.1 Å². The van der Waals surface area contributed by atoms with Crippen molar-refractivity contribution in [3.8, 4) is 0 Å². The molecule has 294 valence electrons. The topological polar surface area (TPSA) is 181 Å². The van der Waals surface area contributed by atoms with Crippen molar-refractivity contribution in [2.45, 2.75) is 127 Å². The summed E-state index contributed by atoms with van der Waals surface area (Å²) in [6, 6.07) is 0.875. The molecule has 10 atom stereocenters. The fourth-order valence-corrected chi connectivity index (χ4v) is 7.16. The number of aliphatic hydroxyl groups excluding tert-OH is 1. The van der Waals surface area contributed by atoms with Crippen LogP contribution in [0.15, 0.2) is 59.6 Å². The Hall–Kier alpha value is -3.05. The highest BCUT2D eigenvalue weighted by molar-refractivity contribution is 7.89. The molecule has 4 N–H and O–H groups in total.